The number of benzene rings is 1. The third-order valence-electron chi connectivity index (χ3n) is 4.02. The second-order valence-electron chi connectivity index (χ2n) is 6.19. The number of aliphatic hydroxyl groups excluding tert-OH is 1. The molecule has 2 atom stereocenters. The average Bonchev–Trinajstić information content (AvgIpc) is 2.92. The summed E-state index contributed by atoms with van der Waals surface area (Å²) in [6, 6.07) is 3.02. The maximum absolute atomic E-state index is 13.8. The molecule has 1 fully saturated rings. The number of rotatable bonds is 5. The molecule has 1 aliphatic rings. The summed E-state index contributed by atoms with van der Waals surface area (Å²) in [7, 11) is 0. The van der Waals surface area contributed by atoms with Crippen LogP contribution in [0.5, 0.6) is 0 Å². The molecule has 5 nitrogen and oxygen atoms in total. The highest BCUT2D eigenvalue weighted by Crippen LogP contribution is 2.24. The minimum atomic E-state index is -0.608. The van der Waals surface area contributed by atoms with E-state index in [0.717, 1.165) is 6.07 Å². The normalized spacial score (nSPS) is 19.0. The summed E-state index contributed by atoms with van der Waals surface area (Å²) >= 11 is 0. The number of anilines is 1. The topological polar surface area (TPSA) is 64.6 Å². The van der Waals surface area contributed by atoms with Crippen molar-refractivity contribution in [3.63, 3.8) is 0 Å². The maximum atomic E-state index is 13.8. The fraction of sp³-hybridized carbons (Fsp3) is 0.562. The lowest BCUT2D eigenvalue weighted by Gasteiger charge is -2.20. The molecule has 1 aliphatic heterocycles. The Morgan fingerprint density at radius 3 is 2.83 bits per heavy atom. The molecule has 2 rings (SSSR count). The molecule has 3 N–H and O–H groups in total. The number of hydrogen-bond donors (Lipinski definition) is 3. The first-order valence-corrected chi connectivity index (χ1v) is 7.79. The fourth-order valence-corrected chi connectivity index (χ4v) is 2.50. The van der Waals surface area contributed by atoms with Crippen molar-refractivity contribution in [2.24, 2.45) is 5.92 Å². The molecule has 7 heteroatoms. The fourth-order valence-electron chi connectivity index (χ4n) is 2.50. The number of urea groups is 1. The monoisotopic (exact) mass is 327 g/mol. The van der Waals surface area contributed by atoms with Gasteiger partial charge in [-0.25, -0.2) is 13.6 Å². The van der Waals surface area contributed by atoms with E-state index in [0.29, 0.717) is 25.2 Å². The van der Waals surface area contributed by atoms with Gasteiger partial charge in [-0.2, -0.15) is 0 Å². The summed E-state index contributed by atoms with van der Waals surface area (Å²) in [6.07, 6.45) is 0.0888. The Labute approximate surface area is 134 Å². The SMILES string of the molecule is CC(C)C(O)CNC(=O)NC1CCN(c2ccc(F)cc2F)C1. The molecule has 128 valence electrons. The van der Waals surface area contributed by atoms with Crippen LogP contribution < -0.4 is 15.5 Å². The number of nitrogens with zero attached hydrogens (tertiary/aromatic N) is 1. The standard InChI is InChI=1S/C16H23F2N3O2/c1-10(2)15(22)8-19-16(23)20-12-5-6-21(9-12)14-4-3-11(17)7-13(14)18/h3-4,7,10,12,15,22H,5-6,8-9H2,1-2H3,(H2,19,20,23). The van der Waals surface area contributed by atoms with Crippen LogP contribution in [0.3, 0.4) is 0 Å². The van der Waals surface area contributed by atoms with E-state index < -0.39 is 17.7 Å². The van der Waals surface area contributed by atoms with Crippen LogP contribution in [0.25, 0.3) is 0 Å². The molecule has 1 aromatic rings. The molecule has 0 aliphatic carbocycles. The van der Waals surface area contributed by atoms with E-state index in [1.165, 1.54) is 12.1 Å². The summed E-state index contributed by atoms with van der Waals surface area (Å²) in [6.45, 7) is 4.98. The zero-order valence-electron chi connectivity index (χ0n) is 13.4. The minimum Gasteiger partial charge on any atom is -0.391 e. The van der Waals surface area contributed by atoms with Gasteiger partial charge in [0.15, 0.2) is 0 Å². The van der Waals surface area contributed by atoms with Crippen LogP contribution in [-0.2, 0) is 0 Å². The highest BCUT2D eigenvalue weighted by molar-refractivity contribution is 5.74. The molecule has 0 aromatic heterocycles. The Balaban J connectivity index is 1.82. The Morgan fingerprint density at radius 1 is 1.43 bits per heavy atom. The van der Waals surface area contributed by atoms with Crippen molar-refractivity contribution in [3.05, 3.63) is 29.8 Å². The molecule has 0 saturated carbocycles. The van der Waals surface area contributed by atoms with Crippen molar-refractivity contribution in [2.45, 2.75) is 32.4 Å². The van der Waals surface area contributed by atoms with Gasteiger partial charge >= 0.3 is 6.03 Å². The van der Waals surface area contributed by atoms with Gasteiger partial charge in [0.05, 0.1) is 11.8 Å². The Kier molecular flexibility index (Phi) is 5.76. The number of aliphatic hydroxyl groups is 1. The summed E-state index contributed by atoms with van der Waals surface area (Å²) in [5.41, 5.74) is 0.339. The number of hydrogen-bond acceptors (Lipinski definition) is 3. The van der Waals surface area contributed by atoms with Gasteiger partial charge in [0, 0.05) is 31.7 Å². The van der Waals surface area contributed by atoms with Crippen LogP contribution in [0.1, 0.15) is 20.3 Å². The van der Waals surface area contributed by atoms with Crippen molar-refractivity contribution in [1.82, 2.24) is 10.6 Å². The van der Waals surface area contributed by atoms with Crippen molar-refractivity contribution >= 4 is 11.7 Å². The lowest BCUT2D eigenvalue weighted by atomic mass is 10.1. The van der Waals surface area contributed by atoms with E-state index in [1.807, 2.05) is 13.8 Å². The Bertz CT molecular complexity index is 554. The van der Waals surface area contributed by atoms with Crippen LogP contribution in [0.2, 0.25) is 0 Å². The summed E-state index contributed by atoms with van der Waals surface area (Å²) in [5, 5.41) is 15.1. The molecule has 1 heterocycles. The van der Waals surface area contributed by atoms with E-state index in [2.05, 4.69) is 10.6 Å². The van der Waals surface area contributed by atoms with E-state index in [9.17, 15) is 18.7 Å². The van der Waals surface area contributed by atoms with Crippen LogP contribution in [0, 0.1) is 17.6 Å². The van der Waals surface area contributed by atoms with Gasteiger partial charge in [0.2, 0.25) is 0 Å². The molecule has 2 amide bonds. The number of halogens is 2. The second-order valence-corrected chi connectivity index (χ2v) is 6.19. The first-order chi connectivity index (χ1) is 10.9. The average molecular weight is 327 g/mol. The van der Waals surface area contributed by atoms with Gasteiger partial charge in [-0.05, 0) is 24.5 Å². The molecule has 2 unspecified atom stereocenters. The molecule has 1 saturated heterocycles. The summed E-state index contributed by atoms with van der Waals surface area (Å²) in [4.78, 5) is 13.6. The van der Waals surface area contributed by atoms with Gasteiger partial charge in [-0.3, -0.25) is 0 Å². The number of carbonyl (C=O) groups is 1. The van der Waals surface area contributed by atoms with Crippen molar-refractivity contribution in [2.75, 3.05) is 24.5 Å². The molecular weight excluding hydrogens is 304 g/mol. The quantitative estimate of drug-likeness (QED) is 0.773. The molecule has 0 spiro atoms. The molecule has 1 aromatic carbocycles. The molecule has 0 radical (unpaired) electrons. The highest BCUT2D eigenvalue weighted by atomic mass is 19.1. The minimum absolute atomic E-state index is 0.0683. The lowest BCUT2D eigenvalue weighted by Crippen LogP contribution is -2.46. The third kappa shape index (κ3) is 4.79. The van der Waals surface area contributed by atoms with Gasteiger partial charge in [-0.15, -0.1) is 0 Å². The molecule has 23 heavy (non-hydrogen) atoms. The smallest absolute Gasteiger partial charge is 0.315 e. The van der Waals surface area contributed by atoms with Gasteiger partial charge in [0.1, 0.15) is 11.6 Å². The van der Waals surface area contributed by atoms with E-state index in [1.54, 1.807) is 4.90 Å². The maximum Gasteiger partial charge on any atom is 0.315 e. The van der Waals surface area contributed by atoms with Crippen LogP contribution in [0.4, 0.5) is 19.3 Å². The first kappa shape index (κ1) is 17.5. The largest absolute Gasteiger partial charge is 0.391 e. The van der Waals surface area contributed by atoms with Crippen molar-refractivity contribution in [3.8, 4) is 0 Å². The van der Waals surface area contributed by atoms with E-state index >= 15 is 0 Å². The predicted molar refractivity (Wildman–Crippen MR) is 84.4 cm³/mol. The first-order valence-electron chi connectivity index (χ1n) is 7.79. The van der Waals surface area contributed by atoms with Crippen molar-refractivity contribution in [1.29, 1.82) is 0 Å². The summed E-state index contributed by atoms with van der Waals surface area (Å²) in [5.74, 6) is -1.14. The van der Waals surface area contributed by atoms with Gasteiger partial charge in [0.25, 0.3) is 0 Å². The summed E-state index contributed by atoms with van der Waals surface area (Å²) < 4.78 is 26.7. The molecule has 0 bridgehead atoms. The Hall–Kier alpha value is -1.89. The third-order valence-corrected chi connectivity index (χ3v) is 4.02. The zero-order chi connectivity index (χ0) is 17.0. The Morgan fingerprint density at radius 2 is 2.17 bits per heavy atom. The van der Waals surface area contributed by atoms with Crippen LogP contribution >= 0.6 is 0 Å². The van der Waals surface area contributed by atoms with Gasteiger partial charge in [-0.1, -0.05) is 13.8 Å². The highest BCUT2D eigenvalue weighted by Gasteiger charge is 2.26. The van der Waals surface area contributed by atoms with E-state index in [4.69, 9.17) is 0 Å². The zero-order valence-corrected chi connectivity index (χ0v) is 13.4. The number of carbonyl (C=O) groups excluding carboxylic acids is 1. The lowest BCUT2D eigenvalue weighted by molar-refractivity contribution is 0.124. The van der Waals surface area contributed by atoms with Crippen LogP contribution in [0.15, 0.2) is 18.2 Å². The van der Waals surface area contributed by atoms with Crippen LogP contribution in [-0.4, -0.2) is 42.9 Å². The number of nitrogens with one attached hydrogen (secondary N) is 2. The second kappa shape index (κ2) is 7.59. The van der Waals surface area contributed by atoms with Gasteiger partial charge < -0.3 is 20.6 Å². The predicted octanol–water partition coefficient (Wildman–Crippen LogP) is 1.86. The molecular formula is C16H23F2N3O2. The van der Waals surface area contributed by atoms with Crippen molar-refractivity contribution < 1.29 is 18.7 Å². The number of amides is 2. The van der Waals surface area contributed by atoms with E-state index in [-0.39, 0.29) is 24.5 Å².